The summed E-state index contributed by atoms with van der Waals surface area (Å²) in [5, 5.41) is 6.17. The Morgan fingerprint density at radius 2 is 1.97 bits per heavy atom. The standard InChI is InChI=1S/C21H29N5O3.HI/c1-3-22-21(24-10-9-23-20(27)19-8-5-15-29-19)26-13-11-25(12-14-26)17-6-4-7-18(16-17)28-2;/h4-8,15-16H,3,9-14H2,1-2H3,(H,22,24)(H,23,27);1H. The minimum absolute atomic E-state index is 0. The Hall–Kier alpha value is -2.43. The van der Waals surface area contributed by atoms with Gasteiger partial charge in [0.1, 0.15) is 5.75 Å². The average molecular weight is 527 g/mol. The van der Waals surface area contributed by atoms with E-state index in [2.05, 4.69) is 44.5 Å². The molecule has 1 fully saturated rings. The number of rotatable bonds is 7. The molecule has 0 aliphatic carbocycles. The molecule has 0 atom stereocenters. The number of amides is 1. The zero-order valence-corrected chi connectivity index (χ0v) is 19.8. The van der Waals surface area contributed by atoms with Crippen molar-refractivity contribution in [3.05, 3.63) is 48.4 Å². The van der Waals surface area contributed by atoms with Crippen molar-refractivity contribution in [2.75, 3.05) is 57.8 Å². The van der Waals surface area contributed by atoms with Crippen LogP contribution in [0.3, 0.4) is 0 Å². The van der Waals surface area contributed by atoms with Crippen LogP contribution in [0.25, 0.3) is 0 Å². The maximum atomic E-state index is 11.9. The fraction of sp³-hybridized carbons (Fsp3) is 0.429. The molecule has 1 aliphatic rings. The Balaban J connectivity index is 0.00000320. The van der Waals surface area contributed by atoms with E-state index < -0.39 is 0 Å². The molecule has 1 amide bonds. The second-order valence-corrected chi connectivity index (χ2v) is 6.64. The summed E-state index contributed by atoms with van der Waals surface area (Å²) < 4.78 is 10.4. The van der Waals surface area contributed by atoms with Gasteiger partial charge in [0.15, 0.2) is 11.7 Å². The first-order valence-electron chi connectivity index (χ1n) is 9.95. The predicted octanol–water partition coefficient (Wildman–Crippen LogP) is 2.42. The van der Waals surface area contributed by atoms with Crippen molar-refractivity contribution in [2.45, 2.75) is 6.92 Å². The molecule has 0 bridgehead atoms. The Kier molecular flexibility index (Phi) is 9.78. The fourth-order valence-electron chi connectivity index (χ4n) is 3.24. The Morgan fingerprint density at radius 3 is 2.63 bits per heavy atom. The van der Waals surface area contributed by atoms with E-state index in [-0.39, 0.29) is 29.9 Å². The Bertz CT molecular complexity index is 805. The van der Waals surface area contributed by atoms with Crippen molar-refractivity contribution in [3.63, 3.8) is 0 Å². The maximum absolute atomic E-state index is 11.9. The molecule has 2 aromatic rings. The zero-order valence-electron chi connectivity index (χ0n) is 17.5. The number of halogens is 1. The largest absolute Gasteiger partial charge is 0.497 e. The third kappa shape index (κ3) is 6.54. The van der Waals surface area contributed by atoms with E-state index in [1.165, 1.54) is 12.0 Å². The van der Waals surface area contributed by atoms with Crippen LogP contribution in [0.2, 0.25) is 0 Å². The number of hydrogen-bond donors (Lipinski definition) is 2. The number of anilines is 1. The van der Waals surface area contributed by atoms with Gasteiger partial charge in [-0.15, -0.1) is 24.0 Å². The number of guanidine groups is 1. The number of nitrogens with one attached hydrogen (secondary N) is 2. The van der Waals surface area contributed by atoms with Gasteiger partial charge in [0.2, 0.25) is 0 Å². The van der Waals surface area contributed by atoms with Crippen LogP contribution in [0.1, 0.15) is 17.5 Å². The summed E-state index contributed by atoms with van der Waals surface area (Å²) in [6.45, 7) is 7.39. The fourth-order valence-corrected chi connectivity index (χ4v) is 3.24. The highest BCUT2D eigenvalue weighted by atomic mass is 127. The number of hydrogen-bond acceptors (Lipinski definition) is 5. The monoisotopic (exact) mass is 527 g/mol. The lowest BCUT2D eigenvalue weighted by Gasteiger charge is -2.37. The first-order chi connectivity index (χ1) is 14.2. The van der Waals surface area contributed by atoms with Crippen LogP contribution in [0.5, 0.6) is 5.75 Å². The average Bonchev–Trinajstić information content (AvgIpc) is 3.31. The summed E-state index contributed by atoms with van der Waals surface area (Å²) in [6.07, 6.45) is 1.49. The SMILES string of the molecule is CCNC(=NCCNC(=O)c1ccco1)N1CCN(c2cccc(OC)c2)CC1.I. The van der Waals surface area contributed by atoms with E-state index in [9.17, 15) is 4.79 Å². The number of furan rings is 1. The molecule has 30 heavy (non-hydrogen) atoms. The van der Waals surface area contributed by atoms with Crippen LogP contribution < -0.4 is 20.3 Å². The van der Waals surface area contributed by atoms with Crippen molar-refractivity contribution >= 4 is 41.5 Å². The highest BCUT2D eigenvalue weighted by molar-refractivity contribution is 14.0. The molecule has 164 valence electrons. The van der Waals surface area contributed by atoms with Gasteiger partial charge in [-0.2, -0.15) is 0 Å². The minimum atomic E-state index is -0.220. The normalized spacial score (nSPS) is 14.1. The van der Waals surface area contributed by atoms with Crippen LogP contribution in [-0.4, -0.2) is 69.7 Å². The molecule has 2 heterocycles. The second-order valence-electron chi connectivity index (χ2n) is 6.64. The first kappa shape index (κ1) is 23.8. The van der Waals surface area contributed by atoms with E-state index >= 15 is 0 Å². The molecule has 0 radical (unpaired) electrons. The minimum Gasteiger partial charge on any atom is -0.497 e. The van der Waals surface area contributed by atoms with Crippen molar-refractivity contribution in [1.82, 2.24) is 15.5 Å². The van der Waals surface area contributed by atoms with E-state index in [1.807, 2.05) is 12.1 Å². The summed E-state index contributed by atoms with van der Waals surface area (Å²) in [4.78, 5) is 21.2. The number of piperazine rings is 1. The van der Waals surface area contributed by atoms with E-state index in [0.29, 0.717) is 18.8 Å². The molecule has 1 aromatic heterocycles. The third-order valence-electron chi connectivity index (χ3n) is 4.74. The van der Waals surface area contributed by atoms with Gasteiger partial charge in [0.25, 0.3) is 5.91 Å². The van der Waals surface area contributed by atoms with Crippen molar-refractivity contribution < 1.29 is 13.9 Å². The summed E-state index contributed by atoms with van der Waals surface area (Å²) >= 11 is 0. The van der Waals surface area contributed by atoms with Gasteiger partial charge in [-0.3, -0.25) is 9.79 Å². The number of methoxy groups -OCH3 is 1. The van der Waals surface area contributed by atoms with Crippen LogP contribution in [-0.2, 0) is 0 Å². The van der Waals surface area contributed by atoms with E-state index in [4.69, 9.17) is 9.15 Å². The molecule has 0 unspecified atom stereocenters. The third-order valence-corrected chi connectivity index (χ3v) is 4.74. The van der Waals surface area contributed by atoms with Crippen LogP contribution in [0.15, 0.2) is 52.1 Å². The number of carbonyl (C=O) groups is 1. The second kappa shape index (κ2) is 12.3. The Morgan fingerprint density at radius 1 is 1.17 bits per heavy atom. The summed E-state index contributed by atoms with van der Waals surface area (Å²) in [6, 6.07) is 11.5. The van der Waals surface area contributed by atoms with Crippen molar-refractivity contribution in [1.29, 1.82) is 0 Å². The van der Waals surface area contributed by atoms with Gasteiger partial charge in [-0.1, -0.05) is 6.07 Å². The zero-order chi connectivity index (χ0) is 20.5. The molecule has 8 nitrogen and oxygen atoms in total. The number of ether oxygens (including phenoxy) is 1. The molecule has 1 aromatic carbocycles. The van der Waals surface area contributed by atoms with Gasteiger partial charge in [-0.25, -0.2) is 0 Å². The highest BCUT2D eigenvalue weighted by Gasteiger charge is 2.20. The first-order valence-corrected chi connectivity index (χ1v) is 9.95. The van der Waals surface area contributed by atoms with E-state index in [1.54, 1.807) is 19.2 Å². The summed E-state index contributed by atoms with van der Waals surface area (Å²) in [7, 11) is 1.69. The van der Waals surface area contributed by atoms with Crippen molar-refractivity contribution in [2.24, 2.45) is 4.99 Å². The molecular formula is C21H30IN5O3. The Labute approximate surface area is 194 Å². The van der Waals surface area contributed by atoms with Gasteiger partial charge in [0, 0.05) is 51.0 Å². The van der Waals surface area contributed by atoms with Crippen LogP contribution in [0, 0.1) is 0 Å². The molecule has 3 rings (SSSR count). The van der Waals surface area contributed by atoms with Crippen LogP contribution >= 0.6 is 24.0 Å². The topological polar surface area (TPSA) is 82.3 Å². The smallest absolute Gasteiger partial charge is 0.287 e. The quantitative estimate of drug-likeness (QED) is 0.249. The van der Waals surface area contributed by atoms with Crippen molar-refractivity contribution in [3.8, 4) is 5.75 Å². The van der Waals surface area contributed by atoms with Crippen LogP contribution in [0.4, 0.5) is 5.69 Å². The lowest BCUT2D eigenvalue weighted by atomic mass is 10.2. The molecule has 0 spiro atoms. The number of benzene rings is 1. The number of nitrogens with zero attached hydrogens (tertiary/aromatic N) is 3. The lowest BCUT2D eigenvalue weighted by Crippen LogP contribution is -2.52. The maximum Gasteiger partial charge on any atom is 0.287 e. The van der Waals surface area contributed by atoms with Gasteiger partial charge in [0.05, 0.1) is 19.9 Å². The molecule has 2 N–H and O–H groups in total. The van der Waals surface area contributed by atoms with Gasteiger partial charge in [-0.05, 0) is 31.2 Å². The van der Waals surface area contributed by atoms with Gasteiger partial charge >= 0.3 is 0 Å². The summed E-state index contributed by atoms with van der Waals surface area (Å²) in [5.41, 5.74) is 1.17. The predicted molar refractivity (Wildman–Crippen MR) is 129 cm³/mol. The molecule has 0 saturated carbocycles. The molecular weight excluding hydrogens is 497 g/mol. The lowest BCUT2D eigenvalue weighted by molar-refractivity contribution is 0.0927. The van der Waals surface area contributed by atoms with Gasteiger partial charge < -0.3 is 29.6 Å². The van der Waals surface area contributed by atoms with E-state index in [0.717, 1.165) is 44.4 Å². The number of aliphatic imine (C=N–C) groups is 1. The highest BCUT2D eigenvalue weighted by Crippen LogP contribution is 2.22. The summed E-state index contributed by atoms with van der Waals surface area (Å²) in [5.74, 6) is 1.85. The molecule has 9 heteroatoms. The molecule has 1 aliphatic heterocycles. The molecule has 1 saturated heterocycles. The number of carbonyl (C=O) groups excluding carboxylic acids is 1.